The van der Waals surface area contributed by atoms with Gasteiger partial charge in [-0.05, 0) is 45.4 Å². The van der Waals surface area contributed by atoms with E-state index in [1.807, 2.05) is 45.0 Å². The molecule has 0 aromatic heterocycles. The molecule has 1 heterocycles. The van der Waals surface area contributed by atoms with Gasteiger partial charge in [0.2, 0.25) is 0 Å². The molecule has 1 aromatic rings. The fraction of sp³-hybridized carbons (Fsp3) is 0.350. The largest absolute Gasteiger partial charge is 0.299 e. The lowest BCUT2D eigenvalue weighted by Gasteiger charge is -2.30. The highest BCUT2D eigenvalue weighted by Gasteiger charge is 2.37. The lowest BCUT2D eigenvalue weighted by molar-refractivity contribution is -0.119. The summed E-state index contributed by atoms with van der Waals surface area (Å²) in [6.07, 6.45) is 2.11. The van der Waals surface area contributed by atoms with Crippen molar-refractivity contribution in [2.45, 2.75) is 33.6 Å². The minimum absolute atomic E-state index is 0.0373. The number of aliphatic imine (C=N–C) groups is 1. The molecule has 1 aliphatic heterocycles. The molecule has 0 radical (unpaired) electrons. The minimum Gasteiger partial charge on any atom is -0.299 e. The highest BCUT2D eigenvalue weighted by Crippen LogP contribution is 2.42. The summed E-state index contributed by atoms with van der Waals surface area (Å²) >= 11 is 4.99. The lowest BCUT2D eigenvalue weighted by atomic mass is 9.75. The Morgan fingerprint density at radius 1 is 1.32 bits per heavy atom. The van der Waals surface area contributed by atoms with Gasteiger partial charge in [0.15, 0.2) is 0 Å². The van der Waals surface area contributed by atoms with Crippen LogP contribution >= 0.6 is 27.7 Å². The number of hydrogen-bond donors (Lipinski definition) is 0. The van der Waals surface area contributed by atoms with Crippen molar-refractivity contribution in [1.82, 2.24) is 0 Å². The van der Waals surface area contributed by atoms with Gasteiger partial charge in [-0.1, -0.05) is 39.7 Å². The van der Waals surface area contributed by atoms with Crippen LogP contribution in [0.25, 0.3) is 0 Å². The van der Waals surface area contributed by atoms with E-state index in [0.717, 1.165) is 26.5 Å². The van der Waals surface area contributed by atoms with Gasteiger partial charge in [-0.2, -0.15) is 5.26 Å². The topological polar surface area (TPSA) is 53.2 Å². The van der Waals surface area contributed by atoms with Crippen LogP contribution in [0.2, 0.25) is 0 Å². The van der Waals surface area contributed by atoms with E-state index in [9.17, 15) is 10.1 Å². The van der Waals surface area contributed by atoms with E-state index in [4.69, 9.17) is 0 Å². The molecule has 1 aliphatic rings. The van der Waals surface area contributed by atoms with Gasteiger partial charge in [0.1, 0.15) is 10.8 Å². The number of nitriles is 1. The molecule has 130 valence electrons. The average molecular weight is 417 g/mol. The first-order valence-electron chi connectivity index (χ1n) is 8.06. The van der Waals surface area contributed by atoms with E-state index in [2.05, 4.69) is 33.1 Å². The second-order valence-corrected chi connectivity index (χ2v) is 8.22. The van der Waals surface area contributed by atoms with Gasteiger partial charge in [0.05, 0.1) is 17.6 Å². The van der Waals surface area contributed by atoms with Crippen LogP contribution in [0.3, 0.4) is 0 Å². The maximum atomic E-state index is 12.3. The molecule has 0 aliphatic carbocycles. The number of nitrogens with zero attached hydrogens (tertiary/aromatic N) is 2. The summed E-state index contributed by atoms with van der Waals surface area (Å²) in [5.74, 6) is 0.137. The molecule has 0 fully saturated rings. The number of rotatable bonds is 5. The number of hydrogen-bond acceptors (Lipinski definition) is 4. The van der Waals surface area contributed by atoms with Crippen molar-refractivity contribution in [2.24, 2.45) is 10.9 Å². The molecule has 0 amide bonds. The van der Waals surface area contributed by atoms with Crippen molar-refractivity contribution in [3.63, 3.8) is 0 Å². The van der Waals surface area contributed by atoms with Crippen LogP contribution in [0.5, 0.6) is 0 Å². The van der Waals surface area contributed by atoms with Crippen molar-refractivity contribution >= 4 is 39.2 Å². The lowest BCUT2D eigenvalue weighted by Crippen LogP contribution is -2.31. The Bertz CT molecular complexity index is 796. The predicted molar refractivity (Wildman–Crippen MR) is 109 cm³/mol. The van der Waals surface area contributed by atoms with Gasteiger partial charge < -0.3 is 0 Å². The van der Waals surface area contributed by atoms with Crippen LogP contribution in [-0.4, -0.2) is 17.2 Å². The van der Waals surface area contributed by atoms with E-state index in [-0.39, 0.29) is 17.6 Å². The molecule has 1 aromatic carbocycles. The number of Topliss-reactive ketones (excluding diaryl/α,β-unsaturated/α-hetero) is 1. The van der Waals surface area contributed by atoms with Crippen LogP contribution in [0.1, 0.15) is 39.2 Å². The number of thioether (sulfide) groups is 1. The molecule has 25 heavy (non-hydrogen) atoms. The maximum absolute atomic E-state index is 12.3. The van der Waals surface area contributed by atoms with Crippen molar-refractivity contribution in [3.8, 4) is 6.07 Å². The number of allylic oxidation sites excluding steroid dienone is 2. The van der Waals surface area contributed by atoms with E-state index in [1.54, 1.807) is 18.7 Å². The van der Waals surface area contributed by atoms with Crippen LogP contribution in [-0.2, 0) is 4.79 Å². The molecule has 0 saturated carbocycles. The summed E-state index contributed by atoms with van der Waals surface area (Å²) in [7, 11) is 0. The Balaban J connectivity index is 2.52. The zero-order chi connectivity index (χ0) is 18.6. The van der Waals surface area contributed by atoms with E-state index < -0.39 is 0 Å². The fourth-order valence-corrected chi connectivity index (χ4v) is 4.28. The van der Waals surface area contributed by atoms with E-state index >= 15 is 0 Å². The maximum Gasteiger partial charge on any atom is 0.139 e. The second kappa shape index (κ2) is 8.64. The van der Waals surface area contributed by atoms with Gasteiger partial charge in [-0.3, -0.25) is 4.79 Å². The molecule has 1 unspecified atom stereocenters. The van der Waals surface area contributed by atoms with Gasteiger partial charge in [0, 0.05) is 21.9 Å². The Morgan fingerprint density at radius 3 is 2.48 bits per heavy atom. The molecule has 0 bridgehead atoms. The van der Waals surface area contributed by atoms with E-state index in [1.165, 1.54) is 5.57 Å². The molecule has 0 spiro atoms. The van der Waals surface area contributed by atoms with Crippen LogP contribution in [0.4, 0.5) is 0 Å². The number of carbonyl (C=O) groups is 1. The van der Waals surface area contributed by atoms with Crippen molar-refractivity contribution < 1.29 is 4.79 Å². The molecule has 2 atom stereocenters. The van der Waals surface area contributed by atoms with Gasteiger partial charge in [-0.25, -0.2) is 4.99 Å². The molecule has 3 nitrogen and oxygen atoms in total. The van der Waals surface area contributed by atoms with Crippen LogP contribution in [0, 0.1) is 17.2 Å². The predicted octanol–water partition coefficient (Wildman–Crippen LogP) is 5.65. The Hall–Kier alpha value is -1.64. The standard InChI is InChI=1S/C20H21BrN2OS/c1-12(2)9-10-25-20-17(11-22)19(15-5-7-16(21)8-6-15)18(14(4)24)13(3)23-20/h5-9,18-19H,10H2,1-4H3/t18?,19-/m0/s1. The number of ketones is 1. The molecule has 2 rings (SSSR count). The summed E-state index contributed by atoms with van der Waals surface area (Å²) in [5, 5.41) is 10.5. The second-order valence-electron chi connectivity index (χ2n) is 6.29. The van der Waals surface area contributed by atoms with Crippen LogP contribution < -0.4 is 0 Å². The van der Waals surface area contributed by atoms with E-state index in [0.29, 0.717) is 5.57 Å². The van der Waals surface area contributed by atoms with Crippen molar-refractivity contribution in [1.29, 1.82) is 5.26 Å². The van der Waals surface area contributed by atoms with Crippen molar-refractivity contribution in [3.05, 3.63) is 56.6 Å². The first-order valence-corrected chi connectivity index (χ1v) is 9.84. The SMILES string of the molecule is CC(=O)C1C(C)=NC(SCC=C(C)C)=C(C#N)[C@@H]1c1ccc(Br)cc1. The third kappa shape index (κ3) is 4.71. The summed E-state index contributed by atoms with van der Waals surface area (Å²) in [6.45, 7) is 7.55. The smallest absolute Gasteiger partial charge is 0.139 e. The third-order valence-electron chi connectivity index (χ3n) is 4.10. The normalized spacial score (nSPS) is 19.9. The number of halogens is 1. The van der Waals surface area contributed by atoms with Gasteiger partial charge >= 0.3 is 0 Å². The van der Waals surface area contributed by atoms with Crippen molar-refractivity contribution in [2.75, 3.05) is 5.75 Å². The number of benzene rings is 1. The summed E-state index contributed by atoms with van der Waals surface area (Å²) in [4.78, 5) is 16.9. The molecule has 5 heteroatoms. The first kappa shape index (κ1) is 19.7. The molecular weight excluding hydrogens is 396 g/mol. The summed E-state index contributed by atoms with van der Waals surface area (Å²) in [5.41, 5.74) is 3.56. The summed E-state index contributed by atoms with van der Waals surface area (Å²) in [6, 6.07) is 10.2. The molecule has 0 N–H and O–H groups in total. The zero-order valence-electron chi connectivity index (χ0n) is 14.8. The highest BCUT2D eigenvalue weighted by molar-refractivity contribution is 9.10. The highest BCUT2D eigenvalue weighted by atomic mass is 79.9. The van der Waals surface area contributed by atoms with Gasteiger partial charge in [-0.15, -0.1) is 11.8 Å². The summed E-state index contributed by atoms with van der Waals surface area (Å²) < 4.78 is 0.970. The Kier molecular flexibility index (Phi) is 6.80. The first-order chi connectivity index (χ1) is 11.8. The van der Waals surface area contributed by atoms with Gasteiger partial charge in [0.25, 0.3) is 0 Å². The zero-order valence-corrected chi connectivity index (χ0v) is 17.2. The minimum atomic E-state index is -0.386. The Labute approximate surface area is 162 Å². The Morgan fingerprint density at radius 2 is 1.96 bits per heavy atom. The molecule has 0 saturated heterocycles. The molecular formula is C20H21BrN2OS. The fourth-order valence-electron chi connectivity index (χ4n) is 2.90. The quantitative estimate of drug-likeness (QED) is 0.582. The number of carbonyl (C=O) groups excluding carboxylic acids is 1. The monoisotopic (exact) mass is 416 g/mol. The average Bonchev–Trinajstić information content (AvgIpc) is 2.54. The van der Waals surface area contributed by atoms with Crippen LogP contribution in [0.15, 0.2) is 56.0 Å². The third-order valence-corrected chi connectivity index (χ3v) is 5.55.